The van der Waals surface area contributed by atoms with E-state index >= 15 is 0 Å². The van der Waals surface area contributed by atoms with Crippen LogP contribution in [0.1, 0.15) is 39.2 Å². The van der Waals surface area contributed by atoms with Crippen LogP contribution in [0.3, 0.4) is 0 Å². The molecular weight excluding hydrogens is 240 g/mol. The molecule has 0 unspecified atom stereocenters. The molecule has 0 atom stereocenters. The van der Waals surface area contributed by atoms with Gasteiger partial charge in [-0.3, -0.25) is 9.88 Å². The SMILES string of the molecule is CC(C)(C)OC(=O)N1C=C(c2ccncc2)CCC1. The third kappa shape index (κ3) is 3.81. The molecule has 1 aromatic rings. The van der Waals surface area contributed by atoms with Crippen LogP contribution in [0.5, 0.6) is 0 Å². The van der Waals surface area contributed by atoms with Gasteiger partial charge in [-0.25, -0.2) is 4.79 Å². The minimum absolute atomic E-state index is 0.279. The topological polar surface area (TPSA) is 42.4 Å². The van der Waals surface area contributed by atoms with Gasteiger partial charge in [0, 0.05) is 25.1 Å². The Kier molecular flexibility index (Phi) is 3.88. The van der Waals surface area contributed by atoms with Crippen LogP contribution >= 0.6 is 0 Å². The van der Waals surface area contributed by atoms with Crippen LogP contribution < -0.4 is 0 Å². The van der Waals surface area contributed by atoms with Gasteiger partial charge in [0.25, 0.3) is 0 Å². The van der Waals surface area contributed by atoms with E-state index in [2.05, 4.69) is 4.98 Å². The number of rotatable bonds is 1. The molecule has 0 bridgehead atoms. The zero-order valence-corrected chi connectivity index (χ0v) is 11.7. The molecule has 0 N–H and O–H groups in total. The highest BCUT2D eigenvalue weighted by molar-refractivity contribution is 5.74. The summed E-state index contributed by atoms with van der Waals surface area (Å²) in [7, 11) is 0. The Labute approximate surface area is 114 Å². The fourth-order valence-corrected chi connectivity index (χ4v) is 2.01. The van der Waals surface area contributed by atoms with E-state index in [1.165, 1.54) is 0 Å². The van der Waals surface area contributed by atoms with Gasteiger partial charge in [-0.2, -0.15) is 0 Å². The Morgan fingerprint density at radius 2 is 2.00 bits per heavy atom. The smallest absolute Gasteiger partial charge is 0.414 e. The Bertz CT molecular complexity index is 475. The Balaban J connectivity index is 2.14. The van der Waals surface area contributed by atoms with Crippen LogP contribution in [-0.4, -0.2) is 28.1 Å². The molecule has 102 valence electrons. The van der Waals surface area contributed by atoms with Crippen LogP contribution in [0, 0.1) is 0 Å². The van der Waals surface area contributed by atoms with Crippen molar-refractivity contribution in [2.45, 2.75) is 39.2 Å². The molecule has 1 amide bonds. The summed E-state index contributed by atoms with van der Waals surface area (Å²) in [5.74, 6) is 0. The summed E-state index contributed by atoms with van der Waals surface area (Å²) in [5.41, 5.74) is 1.81. The van der Waals surface area contributed by atoms with Crippen molar-refractivity contribution < 1.29 is 9.53 Å². The number of ether oxygens (including phenoxy) is 1. The molecular formula is C15H20N2O2. The Morgan fingerprint density at radius 1 is 1.32 bits per heavy atom. The maximum atomic E-state index is 12.0. The van der Waals surface area contributed by atoms with E-state index in [0.717, 1.165) is 24.0 Å². The zero-order chi connectivity index (χ0) is 13.9. The highest BCUT2D eigenvalue weighted by atomic mass is 16.6. The van der Waals surface area contributed by atoms with Gasteiger partial charge in [0.05, 0.1) is 0 Å². The quantitative estimate of drug-likeness (QED) is 0.776. The van der Waals surface area contributed by atoms with Gasteiger partial charge >= 0.3 is 6.09 Å². The molecule has 0 saturated carbocycles. The largest absolute Gasteiger partial charge is 0.443 e. The molecule has 4 nitrogen and oxygen atoms in total. The standard InChI is InChI=1S/C15H20N2O2/c1-15(2,3)19-14(18)17-10-4-5-13(11-17)12-6-8-16-9-7-12/h6-9,11H,4-5,10H2,1-3H3. The van der Waals surface area contributed by atoms with E-state index in [1.54, 1.807) is 17.3 Å². The van der Waals surface area contributed by atoms with Crippen LogP contribution in [0.15, 0.2) is 30.7 Å². The van der Waals surface area contributed by atoms with Crippen molar-refractivity contribution in [1.82, 2.24) is 9.88 Å². The molecule has 0 spiro atoms. The summed E-state index contributed by atoms with van der Waals surface area (Å²) < 4.78 is 5.39. The van der Waals surface area contributed by atoms with Crippen LogP contribution in [0.25, 0.3) is 5.57 Å². The highest BCUT2D eigenvalue weighted by Crippen LogP contribution is 2.25. The molecule has 2 heterocycles. The lowest BCUT2D eigenvalue weighted by Gasteiger charge is -2.28. The molecule has 19 heavy (non-hydrogen) atoms. The molecule has 1 aromatic heterocycles. The van der Waals surface area contributed by atoms with Crippen molar-refractivity contribution in [3.05, 3.63) is 36.3 Å². The molecule has 1 aliphatic heterocycles. The molecule has 0 radical (unpaired) electrons. The number of amides is 1. The molecule has 4 heteroatoms. The number of carbonyl (C=O) groups is 1. The van der Waals surface area contributed by atoms with E-state index in [4.69, 9.17) is 4.74 Å². The number of nitrogens with zero attached hydrogens (tertiary/aromatic N) is 2. The third-order valence-corrected chi connectivity index (χ3v) is 2.84. The average Bonchev–Trinajstić information content (AvgIpc) is 2.38. The average molecular weight is 260 g/mol. The predicted molar refractivity (Wildman–Crippen MR) is 74.4 cm³/mol. The second-order valence-corrected chi connectivity index (χ2v) is 5.67. The van der Waals surface area contributed by atoms with E-state index in [9.17, 15) is 4.79 Å². The summed E-state index contributed by atoms with van der Waals surface area (Å²) in [6.45, 7) is 6.34. The summed E-state index contributed by atoms with van der Waals surface area (Å²) in [5, 5.41) is 0. The molecule has 2 rings (SSSR count). The maximum absolute atomic E-state index is 12.0. The van der Waals surface area contributed by atoms with Crippen molar-refractivity contribution >= 4 is 11.7 Å². The third-order valence-electron chi connectivity index (χ3n) is 2.84. The monoisotopic (exact) mass is 260 g/mol. The van der Waals surface area contributed by atoms with Crippen molar-refractivity contribution in [2.75, 3.05) is 6.54 Å². The second kappa shape index (κ2) is 5.43. The summed E-state index contributed by atoms with van der Waals surface area (Å²) in [6.07, 6.45) is 7.08. The van der Waals surface area contributed by atoms with Gasteiger partial charge in [0.15, 0.2) is 0 Å². The molecule has 0 fully saturated rings. The first kappa shape index (κ1) is 13.6. The van der Waals surface area contributed by atoms with Gasteiger partial charge in [0.1, 0.15) is 5.60 Å². The van der Waals surface area contributed by atoms with Gasteiger partial charge in [0.2, 0.25) is 0 Å². The Morgan fingerprint density at radius 3 is 2.63 bits per heavy atom. The van der Waals surface area contributed by atoms with Crippen LogP contribution in [-0.2, 0) is 4.74 Å². The van der Waals surface area contributed by atoms with Gasteiger partial charge in [-0.15, -0.1) is 0 Å². The molecule has 0 aliphatic carbocycles. The number of allylic oxidation sites excluding steroid dienone is 1. The predicted octanol–water partition coefficient (Wildman–Crippen LogP) is 3.45. The lowest BCUT2D eigenvalue weighted by molar-refractivity contribution is 0.0329. The van der Waals surface area contributed by atoms with Crippen molar-refractivity contribution in [3.63, 3.8) is 0 Å². The first-order valence-corrected chi connectivity index (χ1v) is 6.56. The van der Waals surface area contributed by atoms with Gasteiger partial charge < -0.3 is 4.74 Å². The van der Waals surface area contributed by atoms with Crippen LogP contribution in [0.4, 0.5) is 4.79 Å². The first-order valence-electron chi connectivity index (χ1n) is 6.56. The fourth-order valence-electron chi connectivity index (χ4n) is 2.01. The molecule has 0 aromatic carbocycles. The summed E-state index contributed by atoms with van der Waals surface area (Å²) >= 11 is 0. The number of pyridine rings is 1. The van der Waals surface area contributed by atoms with Crippen molar-refractivity contribution in [1.29, 1.82) is 0 Å². The van der Waals surface area contributed by atoms with Gasteiger partial charge in [-0.1, -0.05) is 0 Å². The van der Waals surface area contributed by atoms with Gasteiger partial charge in [-0.05, 0) is 56.9 Å². The lowest BCUT2D eigenvalue weighted by atomic mass is 10.0. The second-order valence-electron chi connectivity index (χ2n) is 5.67. The maximum Gasteiger partial charge on any atom is 0.414 e. The van der Waals surface area contributed by atoms with E-state index in [1.807, 2.05) is 39.1 Å². The summed E-state index contributed by atoms with van der Waals surface area (Å²) in [4.78, 5) is 17.7. The number of hydrogen-bond donors (Lipinski definition) is 0. The summed E-state index contributed by atoms with van der Waals surface area (Å²) in [6, 6.07) is 3.93. The minimum Gasteiger partial charge on any atom is -0.443 e. The van der Waals surface area contributed by atoms with Crippen LogP contribution in [0.2, 0.25) is 0 Å². The fraction of sp³-hybridized carbons (Fsp3) is 0.467. The van der Waals surface area contributed by atoms with E-state index < -0.39 is 5.60 Å². The molecule has 0 saturated heterocycles. The minimum atomic E-state index is -0.459. The number of hydrogen-bond acceptors (Lipinski definition) is 3. The molecule has 1 aliphatic rings. The van der Waals surface area contributed by atoms with E-state index in [0.29, 0.717) is 6.54 Å². The van der Waals surface area contributed by atoms with Crippen molar-refractivity contribution in [2.24, 2.45) is 0 Å². The lowest BCUT2D eigenvalue weighted by Crippen LogP contribution is -2.35. The number of carbonyl (C=O) groups excluding carboxylic acids is 1. The highest BCUT2D eigenvalue weighted by Gasteiger charge is 2.23. The number of aromatic nitrogens is 1. The normalized spacial score (nSPS) is 15.9. The first-order chi connectivity index (χ1) is 8.96. The Hall–Kier alpha value is -1.84. The zero-order valence-electron chi connectivity index (χ0n) is 11.7. The van der Waals surface area contributed by atoms with E-state index in [-0.39, 0.29) is 6.09 Å². The van der Waals surface area contributed by atoms with Crippen molar-refractivity contribution in [3.8, 4) is 0 Å².